The van der Waals surface area contributed by atoms with Gasteiger partial charge in [0.1, 0.15) is 0 Å². The van der Waals surface area contributed by atoms with Crippen LogP contribution in [-0.2, 0) is 20.4 Å². The SMILES string of the molecule is CC(C)(NC(=O)CCNS(=O)(=O)c1ccc2c(c1)OCCCO2)c1ccc(Cl)c(Cl)c1. The Balaban J connectivity index is 1.58. The standard InChI is InChI=1S/C21H24Cl2N2O5S/c1-21(2,14-4-6-16(22)17(23)12-14)25-20(26)8-9-24-31(27,28)15-5-7-18-19(13-15)30-11-3-10-29-18/h4-7,12-13,24H,3,8-11H2,1-2H3,(H,25,26). The highest BCUT2D eigenvalue weighted by Gasteiger charge is 2.24. The number of hydrogen-bond acceptors (Lipinski definition) is 5. The molecule has 10 heteroatoms. The number of carbonyl (C=O) groups excluding carboxylic acids is 1. The van der Waals surface area contributed by atoms with Crippen LogP contribution in [0.15, 0.2) is 41.3 Å². The number of amides is 1. The first-order valence-corrected chi connectivity index (χ1v) is 12.0. The van der Waals surface area contributed by atoms with Crippen LogP contribution in [0.25, 0.3) is 0 Å². The third-order valence-corrected chi connectivity index (χ3v) is 6.96. The van der Waals surface area contributed by atoms with Crippen LogP contribution in [-0.4, -0.2) is 34.1 Å². The number of nitrogens with one attached hydrogen (secondary N) is 2. The van der Waals surface area contributed by atoms with Crippen molar-refractivity contribution in [2.45, 2.75) is 37.1 Å². The van der Waals surface area contributed by atoms with Gasteiger partial charge in [0, 0.05) is 25.5 Å². The summed E-state index contributed by atoms with van der Waals surface area (Å²) in [5, 5.41) is 3.70. The van der Waals surface area contributed by atoms with E-state index in [1.807, 2.05) is 13.8 Å². The van der Waals surface area contributed by atoms with Crippen molar-refractivity contribution in [3.8, 4) is 11.5 Å². The molecule has 2 aromatic carbocycles. The minimum absolute atomic E-state index is 0.0332. The summed E-state index contributed by atoms with van der Waals surface area (Å²) < 4.78 is 38.7. The molecule has 0 unspecified atom stereocenters. The van der Waals surface area contributed by atoms with Crippen molar-refractivity contribution < 1.29 is 22.7 Å². The number of sulfonamides is 1. The first-order valence-electron chi connectivity index (χ1n) is 9.74. The molecule has 0 saturated heterocycles. The van der Waals surface area contributed by atoms with E-state index in [9.17, 15) is 13.2 Å². The highest BCUT2D eigenvalue weighted by Crippen LogP contribution is 2.32. The zero-order valence-electron chi connectivity index (χ0n) is 17.2. The smallest absolute Gasteiger partial charge is 0.240 e. The van der Waals surface area contributed by atoms with E-state index in [1.165, 1.54) is 12.1 Å². The summed E-state index contributed by atoms with van der Waals surface area (Å²) in [4.78, 5) is 12.4. The molecule has 2 aromatic rings. The highest BCUT2D eigenvalue weighted by molar-refractivity contribution is 7.89. The topological polar surface area (TPSA) is 93.7 Å². The van der Waals surface area contributed by atoms with Crippen LogP contribution in [0.1, 0.15) is 32.3 Å². The third kappa shape index (κ3) is 6.04. The number of halogens is 2. The molecule has 3 rings (SSSR count). The van der Waals surface area contributed by atoms with Crippen LogP contribution >= 0.6 is 23.2 Å². The minimum atomic E-state index is -3.81. The maximum atomic E-state index is 12.6. The molecular formula is C21H24Cl2N2O5S. The number of fused-ring (bicyclic) bond motifs is 1. The lowest BCUT2D eigenvalue weighted by Gasteiger charge is -2.27. The van der Waals surface area contributed by atoms with Crippen LogP contribution in [0.5, 0.6) is 11.5 Å². The molecule has 31 heavy (non-hydrogen) atoms. The third-order valence-electron chi connectivity index (χ3n) is 4.77. The predicted octanol–water partition coefficient (Wildman–Crippen LogP) is 3.87. The quantitative estimate of drug-likeness (QED) is 0.619. The monoisotopic (exact) mass is 486 g/mol. The molecule has 0 atom stereocenters. The van der Waals surface area contributed by atoms with Gasteiger partial charge in [-0.2, -0.15) is 0 Å². The number of ether oxygens (including phenoxy) is 2. The molecule has 1 aliphatic heterocycles. The fraction of sp³-hybridized carbons (Fsp3) is 0.381. The molecule has 1 heterocycles. The van der Waals surface area contributed by atoms with Crippen molar-refractivity contribution in [3.05, 3.63) is 52.0 Å². The Morgan fingerprint density at radius 2 is 1.74 bits per heavy atom. The van der Waals surface area contributed by atoms with Gasteiger partial charge in [0.05, 0.1) is 33.7 Å². The zero-order valence-corrected chi connectivity index (χ0v) is 19.5. The normalized spacial score (nSPS) is 14.1. The van der Waals surface area contributed by atoms with Gasteiger partial charge in [0.25, 0.3) is 0 Å². The van der Waals surface area contributed by atoms with Crippen LogP contribution in [0, 0.1) is 0 Å². The van der Waals surface area contributed by atoms with Crippen molar-refractivity contribution in [1.82, 2.24) is 10.0 Å². The minimum Gasteiger partial charge on any atom is -0.490 e. The van der Waals surface area contributed by atoms with Crippen LogP contribution in [0.2, 0.25) is 10.0 Å². The maximum absolute atomic E-state index is 12.6. The molecular weight excluding hydrogens is 463 g/mol. The van der Waals surface area contributed by atoms with Gasteiger partial charge < -0.3 is 14.8 Å². The van der Waals surface area contributed by atoms with Crippen molar-refractivity contribution >= 4 is 39.1 Å². The van der Waals surface area contributed by atoms with E-state index in [2.05, 4.69) is 10.0 Å². The van der Waals surface area contributed by atoms with E-state index >= 15 is 0 Å². The van der Waals surface area contributed by atoms with E-state index < -0.39 is 15.6 Å². The van der Waals surface area contributed by atoms with Gasteiger partial charge in [0.2, 0.25) is 15.9 Å². The molecule has 2 N–H and O–H groups in total. The molecule has 0 radical (unpaired) electrons. The predicted molar refractivity (Wildman–Crippen MR) is 119 cm³/mol. The Morgan fingerprint density at radius 1 is 1.03 bits per heavy atom. The lowest BCUT2D eigenvalue weighted by atomic mass is 9.94. The molecule has 0 aliphatic carbocycles. The number of carbonyl (C=O) groups is 1. The summed E-state index contributed by atoms with van der Waals surface area (Å²) in [6, 6.07) is 9.58. The van der Waals surface area contributed by atoms with Gasteiger partial charge in [-0.05, 0) is 43.7 Å². The van der Waals surface area contributed by atoms with E-state index in [1.54, 1.807) is 24.3 Å². The van der Waals surface area contributed by atoms with Crippen LogP contribution in [0.4, 0.5) is 0 Å². The molecule has 1 aliphatic rings. The van der Waals surface area contributed by atoms with Gasteiger partial charge in [-0.25, -0.2) is 13.1 Å². The van der Waals surface area contributed by atoms with E-state index in [-0.39, 0.29) is 23.8 Å². The summed E-state index contributed by atoms with van der Waals surface area (Å²) >= 11 is 12.0. The summed E-state index contributed by atoms with van der Waals surface area (Å²) in [5.41, 5.74) is 0.0708. The fourth-order valence-electron chi connectivity index (χ4n) is 3.06. The van der Waals surface area contributed by atoms with Gasteiger partial charge in [-0.3, -0.25) is 4.79 Å². The first kappa shape index (κ1) is 23.7. The van der Waals surface area contributed by atoms with Gasteiger partial charge in [-0.15, -0.1) is 0 Å². The van der Waals surface area contributed by atoms with Crippen molar-refractivity contribution in [1.29, 1.82) is 0 Å². The number of benzene rings is 2. The van der Waals surface area contributed by atoms with Crippen molar-refractivity contribution in [3.63, 3.8) is 0 Å². The Hall–Kier alpha value is -2.00. The second kappa shape index (κ2) is 9.65. The molecule has 0 saturated carbocycles. The first-order chi connectivity index (χ1) is 14.6. The Labute approximate surface area is 192 Å². The van der Waals surface area contributed by atoms with Crippen LogP contribution < -0.4 is 19.5 Å². The summed E-state index contributed by atoms with van der Waals surface area (Å²) in [5.74, 6) is 0.597. The van der Waals surface area contributed by atoms with Crippen molar-refractivity contribution in [2.24, 2.45) is 0 Å². The van der Waals surface area contributed by atoms with Gasteiger partial charge >= 0.3 is 0 Å². The fourth-order valence-corrected chi connectivity index (χ4v) is 4.41. The Bertz CT molecular complexity index is 1070. The summed E-state index contributed by atoms with van der Waals surface area (Å²) in [6.07, 6.45) is 0.692. The summed E-state index contributed by atoms with van der Waals surface area (Å²) in [7, 11) is -3.81. The molecule has 0 fully saturated rings. The number of rotatable bonds is 7. The molecule has 0 spiro atoms. The average Bonchev–Trinajstić information content (AvgIpc) is 2.94. The zero-order chi connectivity index (χ0) is 22.6. The van der Waals surface area contributed by atoms with E-state index in [0.717, 1.165) is 12.0 Å². The van der Waals surface area contributed by atoms with E-state index in [4.69, 9.17) is 32.7 Å². The van der Waals surface area contributed by atoms with Gasteiger partial charge in [-0.1, -0.05) is 29.3 Å². The lowest BCUT2D eigenvalue weighted by Crippen LogP contribution is -2.42. The Morgan fingerprint density at radius 3 is 2.45 bits per heavy atom. The molecule has 0 aromatic heterocycles. The molecule has 1 amide bonds. The lowest BCUT2D eigenvalue weighted by molar-refractivity contribution is -0.122. The average molecular weight is 487 g/mol. The van der Waals surface area contributed by atoms with Crippen molar-refractivity contribution in [2.75, 3.05) is 19.8 Å². The second-order valence-electron chi connectivity index (χ2n) is 7.61. The largest absolute Gasteiger partial charge is 0.490 e. The summed E-state index contributed by atoms with van der Waals surface area (Å²) in [6.45, 7) is 4.57. The number of hydrogen-bond donors (Lipinski definition) is 2. The second-order valence-corrected chi connectivity index (χ2v) is 10.2. The Kier molecular flexibility index (Phi) is 7.36. The van der Waals surface area contributed by atoms with Crippen LogP contribution in [0.3, 0.4) is 0 Å². The highest BCUT2D eigenvalue weighted by atomic mass is 35.5. The molecule has 0 bridgehead atoms. The molecule has 168 valence electrons. The van der Waals surface area contributed by atoms with E-state index in [0.29, 0.717) is 34.8 Å². The van der Waals surface area contributed by atoms with Gasteiger partial charge in [0.15, 0.2) is 11.5 Å². The maximum Gasteiger partial charge on any atom is 0.240 e. The molecule has 7 nitrogen and oxygen atoms in total.